The largest absolute Gasteiger partial charge is 0.408 e. The molecular formula is C11H12F3N3O2. The van der Waals surface area contributed by atoms with Gasteiger partial charge in [-0.25, -0.2) is 0 Å². The summed E-state index contributed by atoms with van der Waals surface area (Å²) in [5.74, 6) is -0.807. The Balaban J connectivity index is 2.45. The van der Waals surface area contributed by atoms with E-state index in [9.17, 15) is 22.8 Å². The molecule has 2 rings (SSSR count). The zero-order chi connectivity index (χ0) is 14.4. The lowest BCUT2D eigenvalue weighted by atomic mass is 10.1. The van der Waals surface area contributed by atoms with Crippen molar-refractivity contribution in [1.82, 2.24) is 9.58 Å². The summed E-state index contributed by atoms with van der Waals surface area (Å²) in [6, 6.07) is -0.668. The molecule has 0 aromatic carbocycles. The van der Waals surface area contributed by atoms with Crippen LogP contribution < -0.4 is 10.9 Å². The van der Waals surface area contributed by atoms with E-state index in [0.717, 1.165) is 6.92 Å². The summed E-state index contributed by atoms with van der Waals surface area (Å²) in [6.07, 6.45) is -3.18. The highest BCUT2D eigenvalue weighted by Gasteiger charge is 2.44. The molecule has 1 unspecified atom stereocenters. The van der Waals surface area contributed by atoms with Crippen molar-refractivity contribution in [3.05, 3.63) is 33.7 Å². The Morgan fingerprint density at radius 1 is 1.37 bits per heavy atom. The molecule has 1 atom stereocenters. The predicted molar refractivity (Wildman–Crippen MR) is 61.4 cm³/mol. The average Bonchev–Trinajstić information content (AvgIpc) is 2.32. The van der Waals surface area contributed by atoms with E-state index in [0.29, 0.717) is 4.90 Å². The van der Waals surface area contributed by atoms with Crippen molar-refractivity contribution in [3.63, 3.8) is 0 Å². The lowest BCUT2D eigenvalue weighted by Crippen LogP contribution is -2.54. The molecule has 0 aliphatic carbocycles. The highest BCUT2D eigenvalue weighted by atomic mass is 19.4. The number of rotatable bonds is 1. The Kier molecular flexibility index (Phi) is 3.03. The molecule has 104 valence electrons. The van der Waals surface area contributed by atoms with E-state index in [1.54, 1.807) is 0 Å². The molecule has 1 aromatic heterocycles. The second kappa shape index (κ2) is 4.29. The van der Waals surface area contributed by atoms with Crippen LogP contribution in [0.5, 0.6) is 0 Å². The maximum Gasteiger partial charge on any atom is 0.408 e. The number of aromatic nitrogens is 1. The first kappa shape index (κ1) is 13.4. The van der Waals surface area contributed by atoms with Crippen molar-refractivity contribution in [2.24, 2.45) is 0 Å². The van der Waals surface area contributed by atoms with Gasteiger partial charge >= 0.3 is 6.18 Å². The van der Waals surface area contributed by atoms with Gasteiger partial charge in [-0.2, -0.15) is 13.2 Å². The van der Waals surface area contributed by atoms with Gasteiger partial charge in [0.1, 0.15) is 18.4 Å². The van der Waals surface area contributed by atoms with Crippen LogP contribution in [-0.2, 0) is 0 Å². The van der Waals surface area contributed by atoms with Crippen molar-refractivity contribution in [2.45, 2.75) is 26.1 Å². The molecule has 8 heteroatoms. The number of hydrogen-bond acceptors (Lipinski definition) is 3. The van der Waals surface area contributed by atoms with Gasteiger partial charge in [-0.15, -0.1) is 0 Å². The quantitative estimate of drug-likeness (QED) is 0.834. The third-order valence-corrected chi connectivity index (χ3v) is 3.16. The second-order valence-corrected chi connectivity index (χ2v) is 4.33. The van der Waals surface area contributed by atoms with Gasteiger partial charge in [0.2, 0.25) is 0 Å². The molecule has 1 aliphatic heterocycles. The number of carbonyl (C=O) groups excluding carboxylic acids is 1. The highest BCUT2D eigenvalue weighted by molar-refractivity contribution is 5.95. The van der Waals surface area contributed by atoms with E-state index < -0.39 is 18.1 Å². The summed E-state index contributed by atoms with van der Waals surface area (Å²) in [4.78, 5) is 24.2. The zero-order valence-corrected chi connectivity index (χ0v) is 10.3. The Hall–Kier alpha value is -1.99. The number of halogens is 3. The molecule has 0 fully saturated rings. The van der Waals surface area contributed by atoms with Gasteiger partial charge in [0, 0.05) is 17.8 Å². The van der Waals surface area contributed by atoms with Crippen LogP contribution >= 0.6 is 0 Å². The number of hydrogen-bond donors (Lipinski definition) is 1. The number of carbonyl (C=O) groups is 1. The molecule has 0 saturated heterocycles. The number of nitrogens with zero attached hydrogens (tertiary/aromatic N) is 2. The van der Waals surface area contributed by atoms with Crippen molar-refractivity contribution in [2.75, 3.05) is 12.1 Å². The average molecular weight is 275 g/mol. The number of nitrogens with one attached hydrogen (secondary N) is 1. The number of amides is 1. The normalized spacial score (nSPS) is 16.9. The van der Waals surface area contributed by atoms with E-state index >= 15 is 0 Å². The number of pyridine rings is 1. The summed E-state index contributed by atoms with van der Waals surface area (Å²) < 4.78 is 39.3. The van der Waals surface area contributed by atoms with Gasteiger partial charge in [0.25, 0.3) is 5.91 Å². The first-order valence-electron chi connectivity index (χ1n) is 5.57. The fourth-order valence-corrected chi connectivity index (χ4v) is 1.88. The van der Waals surface area contributed by atoms with Crippen molar-refractivity contribution < 1.29 is 18.0 Å². The number of fused-ring (bicyclic) bond motifs is 1. The Labute approximate surface area is 106 Å². The van der Waals surface area contributed by atoms with Gasteiger partial charge in [0.15, 0.2) is 5.43 Å². The lowest BCUT2D eigenvalue weighted by molar-refractivity contribution is -0.172. The fraction of sp³-hybridized carbons (Fsp3) is 0.455. The van der Waals surface area contributed by atoms with Crippen LogP contribution in [-0.4, -0.2) is 34.4 Å². The fourth-order valence-electron chi connectivity index (χ4n) is 1.88. The lowest BCUT2D eigenvalue weighted by Gasteiger charge is -2.36. The topological polar surface area (TPSA) is 54.3 Å². The standard InChI is InChI=1S/C11H12F3N3O2/c1-6-8(18)3-4-17-9(6)10(19)16(5-15-17)7(2)11(12,13)14/h3-4,7,15H,5H2,1-2H3. The van der Waals surface area contributed by atoms with Crippen LogP contribution in [0.3, 0.4) is 0 Å². The van der Waals surface area contributed by atoms with Crippen LogP contribution in [0.1, 0.15) is 23.0 Å². The molecule has 2 heterocycles. The molecule has 1 aliphatic rings. The minimum absolute atomic E-state index is 0.0603. The van der Waals surface area contributed by atoms with E-state index in [2.05, 4.69) is 5.43 Å². The smallest absolute Gasteiger partial charge is 0.307 e. The number of alkyl halides is 3. The summed E-state index contributed by atoms with van der Waals surface area (Å²) in [7, 11) is 0. The minimum atomic E-state index is -4.51. The maximum atomic E-state index is 12.7. The molecular weight excluding hydrogens is 263 g/mol. The van der Waals surface area contributed by atoms with Gasteiger partial charge in [-0.05, 0) is 13.8 Å². The zero-order valence-electron chi connectivity index (χ0n) is 10.3. The van der Waals surface area contributed by atoms with Crippen LogP contribution in [0.2, 0.25) is 0 Å². The molecule has 5 nitrogen and oxygen atoms in total. The molecule has 1 N–H and O–H groups in total. The monoisotopic (exact) mass is 275 g/mol. The summed E-state index contributed by atoms with van der Waals surface area (Å²) >= 11 is 0. The van der Waals surface area contributed by atoms with Gasteiger partial charge < -0.3 is 10.3 Å². The molecule has 0 saturated carbocycles. The van der Waals surface area contributed by atoms with E-state index in [1.807, 2.05) is 0 Å². The molecule has 19 heavy (non-hydrogen) atoms. The first-order chi connectivity index (χ1) is 8.73. The first-order valence-corrected chi connectivity index (χ1v) is 5.57. The van der Waals surface area contributed by atoms with Gasteiger partial charge in [-0.1, -0.05) is 0 Å². The SMILES string of the molecule is Cc1c2n(ccc1=O)NCN(C(C)C(F)(F)F)C2=O. The molecule has 1 aromatic rings. The van der Waals surface area contributed by atoms with Gasteiger partial charge in [-0.3, -0.25) is 14.3 Å². The summed E-state index contributed by atoms with van der Waals surface area (Å²) in [6.45, 7) is 2.05. The van der Waals surface area contributed by atoms with E-state index in [1.165, 1.54) is 23.9 Å². The highest BCUT2D eigenvalue weighted by Crippen LogP contribution is 2.26. The predicted octanol–water partition coefficient (Wildman–Crippen LogP) is 1.06. The maximum absolute atomic E-state index is 12.7. The molecule has 0 spiro atoms. The minimum Gasteiger partial charge on any atom is -0.307 e. The second-order valence-electron chi connectivity index (χ2n) is 4.33. The van der Waals surface area contributed by atoms with Crippen LogP contribution in [0.25, 0.3) is 0 Å². The van der Waals surface area contributed by atoms with Crippen molar-refractivity contribution in [3.8, 4) is 0 Å². The van der Waals surface area contributed by atoms with E-state index in [4.69, 9.17) is 0 Å². The van der Waals surface area contributed by atoms with Crippen LogP contribution in [0, 0.1) is 6.92 Å². The van der Waals surface area contributed by atoms with Gasteiger partial charge in [0.05, 0.1) is 0 Å². The third kappa shape index (κ3) is 2.18. The molecule has 1 amide bonds. The van der Waals surface area contributed by atoms with E-state index in [-0.39, 0.29) is 23.4 Å². The molecule has 0 radical (unpaired) electrons. The molecule has 0 bridgehead atoms. The van der Waals surface area contributed by atoms with Crippen molar-refractivity contribution >= 4 is 5.91 Å². The Morgan fingerprint density at radius 3 is 2.58 bits per heavy atom. The Bertz CT molecular complexity index is 580. The Morgan fingerprint density at radius 2 is 2.00 bits per heavy atom. The summed E-state index contributed by atoms with van der Waals surface area (Å²) in [5.41, 5.74) is 2.32. The van der Waals surface area contributed by atoms with Crippen LogP contribution in [0.15, 0.2) is 17.1 Å². The summed E-state index contributed by atoms with van der Waals surface area (Å²) in [5, 5.41) is 0. The van der Waals surface area contributed by atoms with Crippen LogP contribution in [0.4, 0.5) is 13.2 Å². The third-order valence-electron chi connectivity index (χ3n) is 3.16. The van der Waals surface area contributed by atoms with Crippen molar-refractivity contribution in [1.29, 1.82) is 0 Å².